The van der Waals surface area contributed by atoms with Crippen LogP contribution in [0.5, 0.6) is 0 Å². The molecule has 0 saturated carbocycles. The molecule has 0 aliphatic carbocycles. The van der Waals surface area contributed by atoms with Crippen molar-refractivity contribution in [3.63, 3.8) is 0 Å². The highest BCUT2D eigenvalue weighted by Crippen LogP contribution is 2.34. The average Bonchev–Trinajstić information content (AvgIpc) is 2.46. The maximum atomic E-state index is 11.2. The van der Waals surface area contributed by atoms with Gasteiger partial charge in [0, 0.05) is 45.3 Å². The molecule has 1 aromatic carbocycles. The van der Waals surface area contributed by atoms with Crippen LogP contribution in [0.4, 0.5) is 11.4 Å². The van der Waals surface area contributed by atoms with Crippen LogP contribution in [0.25, 0.3) is 0 Å². The SMILES string of the molecule is N#Cc1cccc(N2CC(N3CCNCC3)C2)c1[N+](=O)[O-]. The molecule has 2 aliphatic heterocycles. The van der Waals surface area contributed by atoms with Gasteiger partial charge in [-0.2, -0.15) is 5.26 Å². The maximum Gasteiger partial charge on any atom is 0.310 e. The van der Waals surface area contributed by atoms with Gasteiger partial charge in [-0.25, -0.2) is 0 Å². The second-order valence-electron chi connectivity index (χ2n) is 5.39. The zero-order chi connectivity index (χ0) is 14.8. The summed E-state index contributed by atoms with van der Waals surface area (Å²) in [5.74, 6) is 0. The van der Waals surface area contributed by atoms with Gasteiger partial charge in [0.05, 0.1) is 4.92 Å². The summed E-state index contributed by atoms with van der Waals surface area (Å²) in [5.41, 5.74) is 0.618. The molecular formula is C14H17N5O2. The quantitative estimate of drug-likeness (QED) is 0.646. The molecule has 7 nitrogen and oxygen atoms in total. The number of nitriles is 1. The Labute approximate surface area is 122 Å². The Morgan fingerprint density at radius 3 is 2.67 bits per heavy atom. The summed E-state index contributed by atoms with van der Waals surface area (Å²) in [6.07, 6.45) is 0. The average molecular weight is 287 g/mol. The van der Waals surface area contributed by atoms with Crippen LogP contribution in [0.1, 0.15) is 5.56 Å². The lowest BCUT2D eigenvalue weighted by Crippen LogP contribution is -2.63. The summed E-state index contributed by atoms with van der Waals surface area (Å²) in [7, 11) is 0. The number of piperazine rings is 1. The standard InChI is InChI=1S/C14H17N5O2/c15-8-11-2-1-3-13(14(11)19(20)21)18-9-12(10-18)17-6-4-16-5-7-17/h1-3,12,16H,4-7,9-10H2. The van der Waals surface area contributed by atoms with E-state index in [9.17, 15) is 10.1 Å². The molecule has 0 unspecified atom stereocenters. The van der Waals surface area contributed by atoms with E-state index in [0.717, 1.165) is 39.3 Å². The third kappa shape index (κ3) is 2.55. The van der Waals surface area contributed by atoms with Crippen molar-refractivity contribution in [1.82, 2.24) is 10.2 Å². The molecule has 7 heteroatoms. The van der Waals surface area contributed by atoms with E-state index in [-0.39, 0.29) is 11.3 Å². The predicted molar refractivity (Wildman–Crippen MR) is 78.3 cm³/mol. The van der Waals surface area contributed by atoms with Crippen LogP contribution >= 0.6 is 0 Å². The van der Waals surface area contributed by atoms with Crippen LogP contribution < -0.4 is 10.2 Å². The van der Waals surface area contributed by atoms with Gasteiger partial charge in [0.2, 0.25) is 0 Å². The van der Waals surface area contributed by atoms with Crippen LogP contribution in [-0.2, 0) is 0 Å². The number of hydrogen-bond acceptors (Lipinski definition) is 6. The molecule has 3 rings (SSSR count). The summed E-state index contributed by atoms with van der Waals surface area (Å²) < 4.78 is 0. The molecule has 0 atom stereocenters. The summed E-state index contributed by atoms with van der Waals surface area (Å²) in [6, 6.07) is 7.30. The first-order valence-electron chi connectivity index (χ1n) is 7.08. The zero-order valence-corrected chi connectivity index (χ0v) is 11.7. The van der Waals surface area contributed by atoms with E-state index in [4.69, 9.17) is 5.26 Å². The van der Waals surface area contributed by atoms with Crippen molar-refractivity contribution in [2.45, 2.75) is 6.04 Å². The number of para-hydroxylation sites is 1. The minimum atomic E-state index is -0.452. The first-order valence-corrected chi connectivity index (χ1v) is 7.08. The lowest BCUT2D eigenvalue weighted by atomic mass is 10.0. The van der Waals surface area contributed by atoms with E-state index in [2.05, 4.69) is 10.2 Å². The van der Waals surface area contributed by atoms with E-state index >= 15 is 0 Å². The van der Waals surface area contributed by atoms with Gasteiger partial charge in [0.1, 0.15) is 17.3 Å². The largest absolute Gasteiger partial charge is 0.363 e. The number of nitrogens with zero attached hydrogens (tertiary/aromatic N) is 4. The van der Waals surface area contributed by atoms with Crippen molar-refractivity contribution in [3.05, 3.63) is 33.9 Å². The van der Waals surface area contributed by atoms with Crippen molar-refractivity contribution in [2.75, 3.05) is 44.2 Å². The molecule has 0 aromatic heterocycles. The Balaban J connectivity index is 1.75. The van der Waals surface area contributed by atoms with Gasteiger partial charge in [-0.1, -0.05) is 6.07 Å². The molecule has 0 bridgehead atoms. The molecule has 21 heavy (non-hydrogen) atoms. The van der Waals surface area contributed by atoms with E-state index in [1.807, 2.05) is 11.0 Å². The Morgan fingerprint density at radius 1 is 1.33 bits per heavy atom. The van der Waals surface area contributed by atoms with Crippen molar-refractivity contribution in [1.29, 1.82) is 5.26 Å². The van der Waals surface area contributed by atoms with Gasteiger partial charge in [-0.05, 0) is 12.1 Å². The fourth-order valence-corrected chi connectivity index (χ4v) is 3.00. The van der Waals surface area contributed by atoms with Crippen LogP contribution in [-0.4, -0.2) is 55.1 Å². The number of nitro benzene ring substituents is 1. The number of rotatable bonds is 3. The molecule has 0 amide bonds. The van der Waals surface area contributed by atoms with E-state index in [1.165, 1.54) is 6.07 Å². The number of nitrogens with one attached hydrogen (secondary N) is 1. The second kappa shape index (κ2) is 5.68. The smallest absolute Gasteiger partial charge is 0.310 e. The lowest BCUT2D eigenvalue weighted by molar-refractivity contribution is -0.384. The molecule has 2 fully saturated rings. The Bertz CT molecular complexity index is 586. The predicted octanol–water partition coefficient (Wildman–Crippen LogP) is 0.560. The molecule has 2 saturated heterocycles. The second-order valence-corrected chi connectivity index (χ2v) is 5.39. The highest BCUT2D eigenvalue weighted by Gasteiger charge is 2.36. The third-order valence-electron chi connectivity index (χ3n) is 4.19. The molecule has 0 radical (unpaired) electrons. The van der Waals surface area contributed by atoms with E-state index in [1.54, 1.807) is 12.1 Å². The fraction of sp³-hybridized carbons (Fsp3) is 0.500. The van der Waals surface area contributed by atoms with Gasteiger partial charge >= 0.3 is 5.69 Å². The van der Waals surface area contributed by atoms with Gasteiger partial charge in [-0.3, -0.25) is 15.0 Å². The minimum absolute atomic E-state index is 0.0706. The summed E-state index contributed by atoms with van der Waals surface area (Å²) in [6.45, 7) is 5.63. The summed E-state index contributed by atoms with van der Waals surface area (Å²) >= 11 is 0. The summed E-state index contributed by atoms with van der Waals surface area (Å²) in [5, 5.41) is 23.6. The zero-order valence-electron chi connectivity index (χ0n) is 11.7. The van der Waals surface area contributed by atoms with Gasteiger partial charge in [-0.15, -0.1) is 0 Å². The number of nitro groups is 1. The number of benzene rings is 1. The Morgan fingerprint density at radius 2 is 2.05 bits per heavy atom. The summed E-state index contributed by atoms with van der Waals surface area (Å²) in [4.78, 5) is 15.2. The van der Waals surface area contributed by atoms with Crippen LogP contribution in [0, 0.1) is 21.4 Å². The highest BCUT2D eigenvalue weighted by atomic mass is 16.6. The van der Waals surface area contributed by atoms with Gasteiger partial charge in [0.15, 0.2) is 0 Å². The first-order chi connectivity index (χ1) is 10.2. The molecule has 2 aliphatic rings. The molecule has 2 heterocycles. The topological polar surface area (TPSA) is 85.4 Å². The Kier molecular flexibility index (Phi) is 3.73. The van der Waals surface area contributed by atoms with Crippen LogP contribution in [0.15, 0.2) is 18.2 Å². The molecule has 1 N–H and O–H groups in total. The normalized spacial score (nSPS) is 19.9. The third-order valence-corrected chi connectivity index (χ3v) is 4.19. The van der Waals surface area contributed by atoms with E-state index in [0.29, 0.717) is 11.7 Å². The lowest BCUT2D eigenvalue weighted by Gasteiger charge is -2.47. The van der Waals surface area contributed by atoms with Gasteiger partial charge < -0.3 is 10.2 Å². The first kappa shape index (κ1) is 13.8. The monoisotopic (exact) mass is 287 g/mol. The Hall–Kier alpha value is -2.17. The minimum Gasteiger partial charge on any atom is -0.363 e. The molecule has 110 valence electrons. The van der Waals surface area contributed by atoms with Crippen molar-refractivity contribution < 1.29 is 4.92 Å². The molecule has 0 spiro atoms. The highest BCUT2D eigenvalue weighted by molar-refractivity contribution is 5.70. The van der Waals surface area contributed by atoms with Crippen LogP contribution in [0.3, 0.4) is 0 Å². The van der Waals surface area contributed by atoms with Gasteiger partial charge in [0.25, 0.3) is 0 Å². The fourth-order valence-electron chi connectivity index (χ4n) is 3.00. The van der Waals surface area contributed by atoms with Crippen molar-refractivity contribution in [3.8, 4) is 6.07 Å². The molecular weight excluding hydrogens is 270 g/mol. The molecule has 1 aromatic rings. The van der Waals surface area contributed by atoms with Crippen molar-refractivity contribution in [2.24, 2.45) is 0 Å². The van der Waals surface area contributed by atoms with Crippen molar-refractivity contribution >= 4 is 11.4 Å². The van der Waals surface area contributed by atoms with Crippen LogP contribution in [0.2, 0.25) is 0 Å². The number of hydrogen-bond donors (Lipinski definition) is 1. The van der Waals surface area contributed by atoms with E-state index < -0.39 is 4.92 Å². The maximum absolute atomic E-state index is 11.2. The number of anilines is 1.